The molecule has 0 N–H and O–H groups in total. The van der Waals surface area contributed by atoms with Crippen molar-refractivity contribution in [1.82, 2.24) is 4.98 Å². The molecule has 1 heterocycles. The Kier molecular flexibility index (Phi) is 3.42. The minimum absolute atomic E-state index is 0.0489. The van der Waals surface area contributed by atoms with E-state index in [1.165, 1.54) is 0 Å². The Balaban J connectivity index is 2.45. The van der Waals surface area contributed by atoms with Crippen LogP contribution in [0.3, 0.4) is 0 Å². The molecule has 0 radical (unpaired) electrons. The Morgan fingerprint density at radius 3 is 2.85 bits per heavy atom. The first kappa shape index (κ1) is 10.2. The molecule has 0 amide bonds. The largest absolute Gasteiger partial charge is 0.463 e. The second kappa shape index (κ2) is 4.37. The summed E-state index contributed by atoms with van der Waals surface area (Å²) in [5.41, 5.74) is 0.799. The van der Waals surface area contributed by atoms with Crippen LogP contribution >= 0.6 is 11.3 Å². The van der Waals surface area contributed by atoms with Crippen molar-refractivity contribution in [2.45, 2.75) is 33.3 Å². The molecule has 0 spiro atoms. The molecule has 0 saturated heterocycles. The quantitative estimate of drug-likeness (QED) is 0.698. The Labute approximate surface area is 81.8 Å². The van der Waals surface area contributed by atoms with E-state index in [0.717, 1.165) is 10.7 Å². The van der Waals surface area contributed by atoms with E-state index >= 15 is 0 Å². The van der Waals surface area contributed by atoms with Gasteiger partial charge in [0.1, 0.15) is 0 Å². The first-order valence-corrected chi connectivity index (χ1v) is 5.06. The fourth-order valence-corrected chi connectivity index (χ4v) is 1.55. The number of aryl methyl sites for hydroxylation is 1. The number of aromatic nitrogens is 1. The van der Waals surface area contributed by atoms with Gasteiger partial charge in [0.2, 0.25) is 0 Å². The summed E-state index contributed by atoms with van der Waals surface area (Å²) in [5, 5.41) is 2.86. The molecular formula is C9H13NO2S. The molecular weight excluding hydrogens is 186 g/mol. The van der Waals surface area contributed by atoms with Crippen LogP contribution in [0.1, 0.15) is 24.5 Å². The summed E-state index contributed by atoms with van der Waals surface area (Å²) in [7, 11) is 0. The van der Waals surface area contributed by atoms with Crippen LogP contribution in [0.5, 0.6) is 0 Å². The average Bonchev–Trinajstić information content (AvgIpc) is 2.33. The standard InChI is InChI=1S/C9H13NO2S/c1-6(2)12-9(11)4-8-5-13-7(3)10-8/h5-6H,4H2,1-3H3. The summed E-state index contributed by atoms with van der Waals surface area (Å²) in [4.78, 5) is 15.4. The zero-order valence-corrected chi connectivity index (χ0v) is 8.85. The van der Waals surface area contributed by atoms with Crippen LogP contribution in [0.4, 0.5) is 0 Å². The number of hydrogen-bond donors (Lipinski definition) is 0. The van der Waals surface area contributed by atoms with Gasteiger partial charge in [0.05, 0.1) is 23.2 Å². The highest BCUT2D eigenvalue weighted by Crippen LogP contribution is 2.09. The first-order chi connectivity index (χ1) is 6.08. The van der Waals surface area contributed by atoms with E-state index in [1.807, 2.05) is 26.2 Å². The maximum absolute atomic E-state index is 11.2. The molecule has 0 aliphatic heterocycles. The van der Waals surface area contributed by atoms with E-state index in [9.17, 15) is 4.79 Å². The molecule has 0 unspecified atom stereocenters. The van der Waals surface area contributed by atoms with Crippen molar-refractivity contribution < 1.29 is 9.53 Å². The SMILES string of the molecule is Cc1nc(CC(=O)OC(C)C)cs1. The van der Waals surface area contributed by atoms with Gasteiger partial charge in [0, 0.05) is 5.38 Å². The van der Waals surface area contributed by atoms with E-state index in [1.54, 1.807) is 11.3 Å². The molecule has 0 aliphatic rings. The second-order valence-corrected chi connectivity index (χ2v) is 4.14. The molecule has 0 atom stereocenters. The van der Waals surface area contributed by atoms with Crippen molar-refractivity contribution in [3.63, 3.8) is 0 Å². The van der Waals surface area contributed by atoms with E-state index in [4.69, 9.17) is 4.74 Å². The highest BCUT2D eigenvalue weighted by Gasteiger charge is 2.08. The molecule has 3 nitrogen and oxygen atoms in total. The van der Waals surface area contributed by atoms with Gasteiger partial charge < -0.3 is 4.74 Å². The normalized spacial score (nSPS) is 10.5. The van der Waals surface area contributed by atoms with Gasteiger partial charge in [-0.25, -0.2) is 4.98 Å². The summed E-state index contributed by atoms with van der Waals surface area (Å²) in [6.45, 7) is 5.59. The Hall–Kier alpha value is -0.900. The van der Waals surface area contributed by atoms with Crippen molar-refractivity contribution in [3.8, 4) is 0 Å². The number of esters is 1. The number of ether oxygens (including phenoxy) is 1. The van der Waals surface area contributed by atoms with Crippen molar-refractivity contribution in [2.75, 3.05) is 0 Å². The minimum atomic E-state index is -0.208. The maximum Gasteiger partial charge on any atom is 0.312 e. The third kappa shape index (κ3) is 3.55. The van der Waals surface area contributed by atoms with Crippen LogP contribution < -0.4 is 0 Å². The van der Waals surface area contributed by atoms with Gasteiger partial charge in [-0.05, 0) is 20.8 Å². The highest BCUT2D eigenvalue weighted by atomic mass is 32.1. The topological polar surface area (TPSA) is 39.2 Å². The van der Waals surface area contributed by atoms with Crippen LogP contribution in [-0.2, 0) is 16.0 Å². The van der Waals surface area contributed by atoms with Crippen molar-refractivity contribution in [3.05, 3.63) is 16.1 Å². The van der Waals surface area contributed by atoms with Crippen LogP contribution in [-0.4, -0.2) is 17.1 Å². The lowest BCUT2D eigenvalue weighted by Gasteiger charge is -2.05. The molecule has 1 rings (SSSR count). The van der Waals surface area contributed by atoms with Gasteiger partial charge in [0.25, 0.3) is 0 Å². The average molecular weight is 199 g/mol. The molecule has 1 aromatic heterocycles. The Morgan fingerprint density at radius 2 is 2.38 bits per heavy atom. The van der Waals surface area contributed by atoms with Crippen molar-refractivity contribution in [2.24, 2.45) is 0 Å². The predicted octanol–water partition coefficient (Wildman–Crippen LogP) is 1.95. The minimum Gasteiger partial charge on any atom is -0.463 e. The van der Waals surface area contributed by atoms with E-state index < -0.39 is 0 Å². The summed E-state index contributed by atoms with van der Waals surface area (Å²) in [6.07, 6.45) is 0.231. The van der Waals surface area contributed by atoms with Crippen molar-refractivity contribution >= 4 is 17.3 Å². The van der Waals surface area contributed by atoms with Gasteiger partial charge in [-0.3, -0.25) is 4.79 Å². The van der Waals surface area contributed by atoms with Gasteiger partial charge in [-0.15, -0.1) is 11.3 Å². The number of carbonyl (C=O) groups excluding carboxylic acids is 1. The smallest absolute Gasteiger partial charge is 0.312 e. The number of carbonyl (C=O) groups is 1. The molecule has 0 aliphatic carbocycles. The second-order valence-electron chi connectivity index (χ2n) is 3.07. The molecule has 0 saturated carbocycles. The molecule has 72 valence electrons. The molecule has 0 fully saturated rings. The maximum atomic E-state index is 11.2. The number of rotatable bonds is 3. The number of thiazole rings is 1. The lowest BCUT2D eigenvalue weighted by molar-refractivity contribution is -0.146. The molecule has 0 bridgehead atoms. The summed E-state index contributed by atoms with van der Waals surface area (Å²) < 4.78 is 4.99. The predicted molar refractivity (Wildman–Crippen MR) is 51.8 cm³/mol. The summed E-state index contributed by atoms with van der Waals surface area (Å²) in [5.74, 6) is -0.208. The van der Waals surface area contributed by atoms with Gasteiger partial charge in [-0.1, -0.05) is 0 Å². The third-order valence-corrected chi connectivity index (χ3v) is 2.18. The van der Waals surface area contributed by atoms with E-state index in [-0.39, 0.29) is 18.5 Å². The van der Waals surface area contributed by atoms with Gasteiger partial charge >= 0.3 is 5.97 Å². The monoisotopic (exact) mass is 199 g/mol. The highest BCUT2D eigenvalue weighted by molar-refractivity contribution is 7.09. The zero-order chi connectivity index (χ0) is 9.84. The fraction of sp³-hybridized carbons (Fsp3) is 0.556. The van der Waals surface area contributed by atoms with Crippen molar-refractivity contribution in [1.29, 1.82) is 0 Å². The zero-order valence-electron chi connectivity index (χ0n) is 8.03. The molecule has 13 heavy (non-hydrogen) atoms. The first-order valence-electron chi connectivity index (χ1n) is 4.18. The Bertz CT molecular complexity index is 294. The summed E-state index contributed by atoms with van der Waals surface area (Å²) >= 11 is 1.55. The molecule has 4 heteroatoms. The van der Waals surface area contributed by atoms with Crippen LogP contribution in [0, 0.1) is 6.92 Å². The van der Waals surface area contributed by atoms with E-state index in [0.29, 0.717) is 0 Å². The van der Waals surface area contributed by atoms with Crippen LogP contribution in [0.2, 0.25) is 0 Å². The van der Waals surface area contributed by atoms with Crippen LogP contribution in [0.25, 0.3) is 0 Å². The third-order valence-electron chi connectivity index (χ3n) is 1.36. The number of nitrogens with zero attached hydrogens (tertiary/aromatic N) is 1. The molecule has 0 aromatic carbocycles. The van der Waals surface area contributed by atoms with E-state index in [2.05, 4.69) is 4.98 Å². The number of hydrogen-bond acceptors (Lipinski definition) is 4. The lowest BCUT2D eigenvalue weighted by atomic mass is 10.3. The Morgan fingerprint density at radius 1 is 1.69 bits per heavy atom. The molecule has 1 aromatic rings. The fourth-order valence-electron chi connectivity index (χ4n) is 0.942. The van der Waals surface area contributed by atoms with Gasteiger partial charge in [-0.2, -0.15) is 0 Å². The summed E-state index contributed by atoms with van der Waals surface area (Å²) in [6, 6.07) is 0. The van der Waals surface area contributed by atoms with Gasteiger partial charge in [0.15, 0.2) is 0 Å². The lowest BCUT2D eigenvalue weighted by Crippen LogP contribution is -2.13. The van der Waals surface area contributed by atoms with Crippen LogP contribution in [0.15, 0.2) is 5.38 Å².